The van der Waals surface area contributed by atoms with Gasteiger partial charge in [-0.15, -0.1) is 0 Å². The summed E-state index contributed by atoms with van der Waals surface area (Å²) in [4.78, 5) is 156. The Hall–Kier alpha value is -3.50. The van der Waals surface area contributed by atoms with Crippen molar-refractivity contribution in [2.75, 3.05) is 73.8 Å². The van der Waals surface area contributed by atoms with Crippen molar-refractivity contribution in [3.63, 3.8) is 0 Å². The predicted molar refractivity (Wildman–Crippen MR) is 511 cm³/mol. The first kappa shape index (κ1) is 118. The van der Waals surface area contributed by atoms with Gasteiger partial charge in [0.2, 0.25) is 29.5 Å². The molecule has 6 unspecified atom stereocenters. The lowest BCUT2D eigenvalue weighted by Gasteiger charge is -2.08. The molecule has 37 heteroatoms. The smallest absolute Gasteiger partial charge is 0.331 e. The van der Waals surface area contributed by atoms with E-state index < -0.39 is 29.8 Å². The van der Waals surface area contributed by atoms with Crippen molar-refractivity contribution in [3.8, 4) is 0 Å². The first-order valence-corrected chi connectivity index (χ1v) is 53.4. The normalized spacial score (nSPS) is 16.7. The van der Waals surface area contributed by atoms with Gasteiger partial charge in [-0.25, -0.2) is 19.2 Å². The van der Waals surface area contributed by atoms with Crippen LogP contribution in [0.3, 0.4) is 0 Å². The molecule has 0 aromatic rings. The Kier molecular flexibility index (Phi) is 79.4. The molecule has 0 aliphatic carbocycles. The minimum atomic E-state index is -1.12. The van der Waals surface area contributed by atoms with Gasteiger partial charge in [0.25, 0.3) is 0 Å². The fourth-order valence-corrected chi connectivity index (χ4v) is 24.8. The van der Waals surface area contributed by atoms with Crippen molar-refractivity contribution in [1.82, 2.24) is 26.6 Å². The third-order valence-corrected chi connectivity index (χ3v) is 31.6. The molecule has 0 spiro atoms. The molecule has 0 aromatic carbocycles. The van der Waals surface area contributed by atoms with Crippen molar-refractivity contribution in [2.45, 2.75) is 303 Å². The summed E-state index contributed by atoms with van der Waals surface area (Å²) < 4.78 is 0. The maximum absolute atomic E-state index is 11.7. The molecule has 0 radical (unpaired) electrons. The Morgan fingerprint density at radius 3 is 0.857 bits per heavy atom. The fourth-order valence-electron chi connectivity index (χ4n) is 11.1. The maximum Gasteiger partial charge on any atom is 0.331 e. The van der Waals surface area contributed by atoms with Crippen LogP contribution in [0.25, 0.3) is 0 Å². The highest BCUT2D eigenvalue weighted by atomic mass is 33.1. The van der Waals surface area contributed by atoms with E-state index in [1.165, 1.54) is 108 Å². The molecule has 0 aromatic heterocycles. The van der Waals surface area contributed by atoms with E-state index >= 15 is 0 Å². The number of allylic oxidation sites excluding steroid dienone is 4. The highest BCUT2D eigenvalue weighted by molar-refractivity contribution is 8.78. The summed E-state index contributed by atoms with van der Waals surface area (Å²) >= 11 is 17.2. The summed E-state index contributed by atoms with van der Waals surface area (Å²) in [5, 5.41) is 60.6. The molecule has 12 N–H and O–H groups in total. The molecular formula is C82H138N6O19S12. The van der Waals surface area contributed by atoms with Crippen LogP contribution < -0.4 is 32.3 Å². The molecule has 25 nitrogen and oxygen atoms in total. The number of aliphatic carboxylic acids is 5. The van der Waals surface area contributed by atoms with Crippen molar-refractivity contribution < 1.29 is 92.7 Å². The number of rotatable bonds is 60. The predicted octanol–water partition coefficient (Wildman–Crippen LogP) is 16.3. The molecular weight excluding hydrogens is 1760 g/mol. The zero-order valence-electron chi connectivity index (χ0n) is 70.2. The van der Waals surface area contributed by atoms with Crippen molar-refractivity contribution in [1.29, 1.82) is 0 Å². The summed E-state index contributed by atoms with van der Waals surface area (Å²) in [7, 11) is 15.7. The Balaban J connectivity index is 0. The average Bonchev–Trinajstić information content (AvgIpc) is 1.53. The van der Waals surface area contributed by atoms with Crippen LogP contribution in [0.15, 0.2) is 46.6 Å². The molecule has 5 amide bonds. The molecule has 4 aliphatic heterocycles. The number of carboxylic acid groups (broad SMARTS) is 5. The largest absolute Gasteiger partial charge is 0.481 e. The van der Waals surface area contributed by atoms with Gasteiger partial charge in [0.1, 0.15) is 0 Å². The highest BCUT2D eigenvalue weighted by Crippen LogP contribution is 2.42. The minimum Gasteiger partial charge on any atom is -0.481 e. The number of amides is 5. The molecule has 4 fully saturated rings. The number of carbonyl (C=O) groups is 14. The van der Waals surface area contributed by atoms with E-state index in [1.54, 1.807) is 0 Å². The van der Waals surface area contributed by atoms with Gasteiger partial charge in [0.15, 0.2) is 23.1 Å². The van der Waals surface area contributed by atoms with Crippen LogP contribution in [-0.2, 0) is 67.1 Å². The summed E-state index contributed by atoms with van der Waals surface area (Å²) in [5.41, 5.74) is 5.83. The van der Waals surface area contributed by atoms with E-state index in [4.69, 9.17) is 31.3 Å². The number of nitrogens with two attached hydrogens (primary N) is 1. The Morgan fingerprint density at radius 2 is 0.613 bits per heavy atom. The van der Waals surface area contributed by atoms with Crippen LogP contribution >= 0.6 is 137 Å². The van der Waals surface area contributed by atoms with E-state index in [9.17, 15) is 67.1 Å². The second kappa shape index (κ2) is 80.3. The summed E-state index contributed by atoms with van der Waals surface area (Å²) in [6, 6.07) is 0. The molecule has 682 valence electrons. The zero-order chi connectivity index (χ0) is 89.2. The van der Waals surface area contributed by atoms with Crippen LogP contribution in [-0.4, -0.2) is 213 Å². The first-order chi connectivity index (χ1) is 56.8. The monoisotopic (exact) mass is 1890 g/mol. The van der Waals surface area contributed by atoms with Gasteiger partial charge in [-0.05, 0) is 204 Å². The molecule has 4 heterocycles. The Labute approximate surface area is 761 Å². The Bertz CT molecular complexity index is 3060. The van der Waals surface area contributed by atoms with Gasteiger partial charge in [-0.2, -0.15) is 50.5 Å². The lowest BCUT2D eigenvalue weighted by Crippen LogP contribution is -2.28. The van der Waals surface area contributed by atoms with Crippen LogP contribution in [0.1, 0.15) is 272 Å². The van der Waals surface area contributed by atoms with Gasteiger partial charge in [0.05, 0.1) is 0 Å². The van der Waals surface area contributed by atoms with E-state index in [2.05, 4.69) is 77.1 Å². The number of carboxylic acids is 5. The van der Waals surface area contributed by atoms with Crippen molar-refractivity contribution in [2.24, 2.45) is 5.73 Å². The average molecular weight is 1900 g/mol. The van der Waals surface area contributed by atoms with Crippen LogP contribution in [0.2, 0.25) is 0 Å². The number of carbonyl (C=O) groups excluding carboxylic acids is 9. The third kappa shape index (κ3) is 77.8. The van der Waals surface area contributed by atoms with Gasteiger partial charge < -0.3 is 57.9 Å². The molecule has 6 atom stereocenters. The van der Waals surface area contributed by atoms with Crippen LogP contribution in [0, 0.1) is 0 Å². The van der Waals surface area contributed by atoms with Crippen LogP contribution in [0.4, 0.5) is 0 Å². The van der Waals surface area contributed by atoms with E-state index in [1.807, 2.05) is 86.4 Å². The number of Topliss-reactive ketones (excluding diaryl/α,β-unsaturated/α-hetero) is 2. The summed E-state index contributed by atoms with van der Waals surface area (Å²) in [6.07, 6.45) is 35.9. The van der Waals surface area contributed by atoms with E-state index in [0.29, 0.717) is 114 Å². The minimum absolute atomic E-state index is 0.0137. The molecule has 4 aliphatic rings. The van der Waals surface area contributed by atoms with Gasteiger partial charge >= 0.3 is 29.8 Å². The number of ketones is 4. The highest BCUT2D eigenvalue weighted by Gasteiger charge is 2.21. The lowest BCUT2D eigenvalue weighted by molar-refractivity contribution is -0.137. The van der Waals surface area contributed by atoms with Crippen molar-refractivity contribution >= 4 is 219 Å². The van der Waals surface area contributed by atoms with Gasteiger partial charge in [0, 0.05) is 181 Å². The molecule has 4 saturated heterocycles. The standard InChI is InChI=1S/2C16H25NO4S2.2C16H27NO4S2.C10H20N2OS2.C8H14O2S2/c1-12(16(20)21)11-13(18)5-4-9-17-15(19)7-3-2-6-14-8-10-22-23-14;1-12(11-16(20)21)14(18)6-4-9-17-15(19)7-3-2-5-13-8-10-22-23-13;1-12(16(20)21)11-13(18)5-4-9-17-15(19)7-3-2-6-14(23)8-10-22;1-12(11-16(20)21)14(18)6-4-9-17-15(19)7-3-2-5-13(23)8-10-22;11-6-7-12-10(13)4-2-1-3-9-5-8-14-15-9;9-8(10)4-2-1-3-7-5-6-11-12-7/h11,14H,2-10H2,1H3,(H,17,19)(H,20,21);11,13H,2-10H2,1H3,(H,17,19)(H,20,21);11,14,22-23H,2-10H2,1H3,(H,17,19)(H,20,21);11,13,22-23H,2-10H2,1H3,(H,17,19)(H,20,21);9H,1-8,11H2,(H,12,13);7H,1-6H2,(H,9,10)/b4*12-11+;;. The second-order valence-corrected chi connectivity index (χ2v) is 42.3. The second-order valence-electron chi connectivity index (χ2n) is 28.8. The van der Waals surface area contributed by atoms with Gasteiger partial charge in [-0.1, -0.05) is 125 Å². The third-order valence-electron chi connectivity index (χ3n) is 18.0. The quantitative estimate of drug-likeness (QED) is 0.0116. The number of hydrogen-bond acceptors (Lipinski definition) is 27. The lowest BCUT2D eigenvalue weighted by atomic mass is 10.1. The summed E-state index contributed by atoms with van der Waals surface area (Å²) in [5.74, 6) is 0.985. The SMILES string of the molecule is C/C(=C\C(=O)CCCNC(=O)CCCCC(S)CCS)C(=O)O.C/C(=C\C(=O)CCCNC(=O)CCCCC1CCSS1)C(=O)O.C/C(=C\C(=O)O)C(=O)CCCNC(=O)CCCCC(S)CCS.C/C(=C\C(=O)O)C(=O)CCCNC(=O)CCCCC1CCSS1.NCCNC(=O)CCCCC1CCSS1.O=C(O)CCCCC1CCSS1. The molecule has 119 heavy (non-hydrogen) atoms. The topological polar surface area (TPSA) is 426 Å². The maximum atomic E-state index is 11.7. The number of hydrogen-bond donors (Lipinski definition) is 15. The van der Waals surface area contributed by atoms with Crippen molar-refractivity contribution in [3.05, 3.63) is 46.6 Å². The molecule has 0 bridgehead atoms. The number of nitrogens with one attached hydrogen (secondary N) is 5. The first-order valence-electron chi connectivity index (χ1n) is 41.6. The van der Waals surface area contributed by atoms with E-state index in [-0.39, 0.29) is 101 Å². The van der Waals surface area contributed by atoms with E-state index in [0.717, 1.165) is 153 Å². The molecule has 0 saturated carbocycles. The zero-order valence-corrected chi connectivity index (χ0v) is 80.3. The van der Waals surface area contributed by atoms with Crippen LogP contribution in [0.5, 0.6) is 0 Å². The number of thiol groups is 4. The molecule has 4 rings (SSSR count). The summed E-state index contributed by atoms with van der Waals surface area (Å²) in [6.45, 7) is 8.67. The van der Waals surface area contributed by atoms with Gasteiger partial charge in [-0.3, -0.25) is 47.9 Å². The fraction of sp³-hybridized carbons (Fsp3) is 0.732. The Morgan fingerprint density at radius 1 is 0.345 bits per heavy atom. The number of unbranched alkanes of at least 4 members (excludes halogenated alkanes) is 6.